The molecule has 0 spiro atoms. The number of rotatable bonds is 6. The molecule has 0 fully saturated rings. The van der Waals surface area contributed by atoms with Crippen molar-refractivity contribution in [3.05, 3.63) is 48.0 Å². The van der Waals surface area contributed by atoms with E-state index in [1.54, 1.807) is 6.92 Å². The molecular weight excluding hydrogens is 244 g/mol. The van der Waals surface area contributed by atoms with Crippen LogP contribution in [0.15, 0.2) is 42.5 Å². The van der Waals surface area contributed by atoms with Gasteiger partial charge in [0.2, 0.25) is 0 Å². The number of esters is 2. The zero-order valence-electron chi connectivity index (χ0n) is 11.2. The fraction of sp³-hybridized carbons (Fsp3) is 0.333. The van der Waals surface area contributed by atoms with E-state index in [0.717, 1.165) is 5.56 Å². The van der Waals surface area contributed by atoms with Crippen LogP contribution < -0.4 is 0 Å². The van der Waals surface area contributed by atoms with E-state index >= 15 is 0 Å². The van der Waals surface area contributed by atoms with Gasteiger partial charge in [-0.1, -0.05) is 36.9 Å². The predicted molar refractivity (Wildman–Crippen MR) is 71.5 cm³/mol. The molecule has 0 bridgehead atoms. The lowest BCUT2D eigenvalue weighted by molar-refractivity contribution is -0.164. The molecule has 1 aromatic carbocycles. The third-order valence-corrected chi connectivity index (χ3v) is 2.45. The number of carbonyl (C=O) groups is 2. The molecule has 1 aromatic rings. The van der Waals surface area contributed by atoms with Crippen molar-refractivity contribution in [2.24, 2.45) is 0 Å². The van der Waals surface area contributed by atoms with Crippen LogP contribution in [0.2, 0.25) is 0 Å². The molecule has 1 atom stereocenters. The molecule has 0 unspecified atom stereocenters. The van der Waals surface area contributed by atoms with Crippen LogP contribution in [0.3, 0.4) is 0 Å². The lowest BCUT2D eigenvalue weighted by Gasteiger charge is -2.13. The van der Waals surface area contributed by atoms with Crippen LogP contribution in [0.25, 0.3) is 0 Å². The minimum atomic E-state index is -0.917. The minimum Gasteiger partial charge on any atom is -0.463 e. The highest BCUT2D eigenvalue weighted by Gasteiger charge is 2.20. The number of hydrogen-bond acceptors (Lipinski definition) is 4. The van der Waals surface area contributed by atoms with E-state index in [1.165, 1.54) is 6.92 Å². The molecule has 102 valence electrons. The van der Waals surface area contributed by atoms with Gasteiger partial charge in [-0.2, -0.15) is 0 Å². The Morgan fingerprint density at radius 2 is 1.89 bits per heavy atom. The molecule has 1 rings (SSSR count). The molecule has 0 aromatic heterocycles. The van der Waals surface area contributed by atoms with E-state index in [1.807, 2.05) is 30.3 Å². The van der Waals surface area contributed by atoms with Crippen LogP contribution in [0, 0.1) is 0 Å². The Kier molecular flexibility index (Phi) is 5.79. The number of benzene rings is 1. The maximum absolute atomic E-state index is 11.7. The monoisotopic (exact) mass is 262 g/mol. The molecule has 0 aliphatic rings. The van der Waals surface area contributed by atoms with Crippen molar-refractivity contribution in [2.75, 3.05) is 6.61 Å². The van der Waals surface area contributed by atoms with Crippen molar-refractivity contribution in [1.82, 2.24) is 0 Å². The summed E-state index contributed by atoms with van der Waals surface area (Å²) in [6.07, 6.45) is -0.519. The van der Waals surface area contributed by atoms with Crippen molar-refractivity contribution < 1.29 is 19.1 Å². The molecule has 0 saturated carbocycles. The third-order valence-electron chi connectivity index (χ3n) is 2.45. The zero-order valence-corrected chi connectivity index (χ0v) is 11.2. The van der Waals surface area contributed by atoms with Crippen molar-refractivity contribution >= 4 is 11.9 Å². The van der Waals surface area contributed by atoms with E-state index in [2.05, 4.69) is 6.58 Å². The molecule has 0 aliphatic carbocycles. The maximum Gasteiger partial charge on any atom is 0.347 e. The Labute approximate surface area is 113 Å². The molecule has 0 heterocycles. The van der Waals surface area contributed by atoms with Crippen LogP contribution in [0.5, 0.6) is 0 Å². The van der Waals surface area contributed by atoms with E-state index in [-0.39, 0.29) is 6.61 Å². The molecule has 0 radical (unpaired) electrons. The fourth-order valence-corrected chi connectivity index (χ4v) is 1.47. The molecule has 0 aliphatic heterocycles. The van der Waals surface area contributed by atoms with Gasteiger partial charge < -0.3 is 9.47 Å². The summed E-state index contributed by atoms with van der Waals surface area (Å²) >= 11 is 0. The second-order valence-electron chi connectivity index (χ2n) is 4.07. The summed E-state index contributed by atoms with van der Waals surface area (Å²) in [6.45, 7) is 7.11. The van der Waals surface area contributed by atoms with Crippen molar-refractivity contribution in [2.45, 2.75) is 26.4 Å². The summed E-state index contributed by atoms with van der Waals surface area (Å²) < 4.78 is 9.74. The number of ether oxygens (including phenoxy) is 2. The molecule has 0 amide bonds. The van der Waals surface area contributed by atoms with Crippen molar-refractivity contribution in [3.63, 3.8) is 0 Å². The highest BCUT2D eigenvalue weighted by Crippen LogP contribution is 2.09. The Hall–Kier alpha value is -2.10. The summed E-state index contributed by atoms with van der Waals surface area (Å²) in [6, 6.07) is 9.46. The lowest BCUT2D eigenvalue weighted by atomic mass is 10.1. The number of carbonyl (C=O) groups excluding carboxylic acids is 2. The molecule has 4 heteroatoms. The first-order valence-corrected chi connectivity index (χ1v) is 6.14. The SMILES string of the molecule is C=C(Cc1ccccc1)C(=O)O[C@@H](C)C(=O)OCC. The average Bonchev–Trinajstić information content (AvgIpc) is 2.40. The summed E-state index contributed by atoms with van der Waals surface area (Å²) in [5.41, 5.74) is 1.27. The van der Waals surface area contributed by atoms with Gasteiger partial charge in [0, 0.05) is 12.0 Å². The molecule has 0 N–H and O–H groups in total. The molecule has 0 saturated heterocycles. The zero-order chi connectivity index (χ0) is 14.3. The van der Waals surface area contributed by atoms with E-state index in [9.17, 15) is 9.59 Å². The largest absolute Gasteiger partial charge is 0.463 e. The standard InChI is InChI=1S/C15H18O4/c1-4-18-15(17)12(3)19-14(16)11(2)10-13-8-6-5-7-9-13/h5-9,12H,2,4,10H2,1,3H3/t12-/m0/s1. The first-order valence-electron chi connectivity index (χ1n) is 6.14. The van der Waals surface area contributed by atoms with Crippen molar-refractivity contribution in [3.8, 4) is 0 Å². The van der Waals surface area contributed by atoms with Crippen LogP contribution in [0.1, 0.15) is 19.4 Å². The number of hydrogen-bond donors (Lipinski definition) is 0. The molecule has 4 nitrogen and oxygen atoms in total. The summed E-state index contributed by atoms with van der Waals surface area (Å²) in [4.78, 5) is 23.1. The lowest BCUT2D eigenvalue weighted by Crippen LogP contribution is -2.27. The van der Waals surface area contributed by atoms with E-state index < -0.39 is 18.0 Å². The van der Waals surface area contributed by atoms with Gasteiger partial charge in [-0.05, 0) is 19.4 Å². The second kappa shape index (κ2) is 7.36. The maximum atomic E-state index is 11.7. The van der Waals surface area contributed by atoms with E-state index in [4.69, 9.17) is 9.47 Å². The average molecular weight is 262 g/mol. The van der Waals surface area contributed by atoms with Gasteiger partial charge in [0.25, 0.3) is 0 Å². The summed E-state index contributed by atoms with van der Waals surface area (Å²) in [7, 11) is 0. The Morgan fingerprint density at radius 1 is 1.26 bits per heavy atom. The minimum absolute atomic E-state index is 0.256. The predicted octanol–water partition coefficient (Wildman–Crippen LogP) is 2.28. The van der Waals surface area contributed by atoms with Gasteiger partial charge in [0.05, 0.1) is 6.61 Å². The Balaban J connectivity index is 2.49. The first kappa shape index (κ1) is 15.0. The van der Waals surface area contributed by atoms with Gasteiger partial charge in [0.1, 0.15) is 0 Å². The van der Waals surface area contributed by atoms with Crippen LogP contribution in [0.4, 0.5) is 0 Å². The van der Waals surface area contributed by atoms with Crippen LogP contribution in [-0.2, 0) is 25.5 Å². The van der Waals surface area contributed by atoms with Gasteiger partial charge in [-0.25, -0.2) is 9.59 Å². The smallest absolute Gasteiger partial charge is 0.347 e. The highest BCUT2D eigenvalue weighted by molar-refractivity contribution is 5.90. The first-order chi connectivity index (χ1) is 9.04. The Morgan fingerprint density at radius 3 is 2.47 bits per heavy atom. The summed E-state index contributed by atoms with van der Waals surface area (Å²) in [5, 5.41) is 0. The fourth-order valence-electron chi connectivity index (χ4n) is 1.47. The molecule has 19 heavy (non-hydrogen) atoms. The van der Waals surface area contributed by atoms with Crippen LogP contribution in [-0.4, -0.2) is 24.6 Å². The van der Waals surface area contributed by atoms with E-state index in [0.29, 0.717) is 12.0 Å². The normalized spacial score (nSPS) is 11.5. The van der Waals surface area contributed by atoms with Gasteiger partial charge in [-0.15, -0.1) is 0 Å². The second-order valence-corrected chi connectivity index (χ2v) is 4.07. The van der Waals surface area contributed by atoms with Crippen LogP contribution >= 0.6 is 0 Å². The van der Waals surface area contributed by atoms with Crippen molar-refractivity contribution in [1.29, 1.82) is 0 Å². The van der Waals surface area contributed by atoms with Gasteiger partial charge in [0.15, 0.2) is 6.10 Å². The third kappa shape index (κ3) is 4.95. The Bertz CT molecular complexity index is 450. The molecular formula is C15H18O4. The van der Waals surface area contributed by atoms with Gasteiger partial charge >= 0.3 is 11.9 Å². The van der Waals surface area contributed by atoms with Gasteiger partial charge in [-0.3, -0.25) is 0 Å². The topological polar surface area (TPSA) is 52.6 Å². The summed E-state index contributed by atoms with van der Waals surface area (Å²) in [5.74, 6) is -1.13. The highest BCUT2D eigenvalue weighted by atomic mass is 16.6. The quantitative estimate of drug-likeness (QED) is 0.583.